The van der Waals surface area contributed by atoms with Crippen LogP contribution in [0.15, 0.2) is 18.3 Å². The van der Waals surface area contributed by atoms with Crippen molar-refractivity contribution in [3.63, 3.8) is 0 Å². The van der Waals surface area contributed by atoms with Crippen LogP contribution in [0.5, 0.6) is 0 Å². The number of rotatable bonds is 6. The van der Waals surface area contributed by atoms with Crippen LogP contribution in [0.1, 0.15) is 28.4 Å². The molecule has 7 heteroatoms. The van der Waals surface area contributed by atoms with Crippen LogP contribution in [0.3, 0.4) is 0 Å². The Kier molecular flexibility index (Phi) is 4.86. The van der Waals surface area contributed by atoms with Gasteiger partial charge in [-0.15, -0.1) is 0 Å². The first-order valence-corrected chi connectivity index (χ1v) is 6.91. The van der Waals surface area contributed by atoms with Crippen LogP contribution < -0.4 is 10.6 Å². The van der Waals surface area contributed by atoms with Crippen LogP contribution in [-0.4, -0.2) is 39.2 Å². The fourth-order valence-corrected chi connectivity index (χ4v) is 2.07. The van der Waals surface area contributed by atoms with E-state index in [2.05, 4.69) is 25.7 Å². The molecule has 0 fully saturated rings. The molecule has 1 amide bonds. The van der Waals surface area contributed by atoms with Crippen molar-refractivity contribution >= 4 is 11.7 Å². The van der Waals surface area contributed by atoms with Crippen molar-refractivity contribution in [2.24, 2.45) is 0 Å². The minimum Gasteiger partial charge on any atom is -0.369 e. The molecule has 0 saturated heterocycles. The quantitative estimate of drug-likeness (QED) is 0.779. The van der Waals surface area contributed by atoms with Gasteiger partial charge in [-0.3, -0.25) is 9.48 Å². The molecule has 112 valence electrons. The van der Waals surface area contributed by atoms with Gasteiger partial charge in [0.15, 0.2) is 0 Å². The summed E-state index contributed by atoms with van der Waals surface area (Å²) in [6.45, 7) is 5.31. The third-order valence-corrected chi connectivity index (χ3v) is 3.08. The predicted octanol–water partition coefficient (Wildman–Crippen LogP) is 1.15. The Labute approximate surface area is 123 Å². The number of aryl methyl sites for hydroxylation is 3. The average molecular weight is 288 g/mol. The van der Waals surface area contributed by atoms with Crippen molar-refractivity contribution in [2.75, 3.05) is 18.9 Å². The molecule has 0 spiro atoms. The Morgan fingerprint density at radius 1 is 1.38 bits per heavy atom. The largest absolute Gasteiger partial charge is 0.369 e. The van der Waals surface area contributed by atoms with Gasteiger partial charge in [-0.1, -0.05) is 0 Å². The van der Waals surface area contributed by atoms with Gasteiger partial charge >= 0.3 is 0 Å². The van der Waals surface area contributed by atoms with Crippen LogP contribution in [0.4, 0.5) is 5.82 Å². The second-order valence-corrected chi connectivity index (χ2v) is 4.69. The van der Waals surface area contributed by atoms with E-state index in [4.69, 9.17) is 0 Å². The van der Waals surface area contributed by atoms with Crippen molar-refractivity contribution in [3.05, 3.63) is 35.5 Å². The number of hydrogen-bond acceptors (Lipinski definition) is 5. The minimum absolute atomic E-state index is 0.145. The van der Waals surface area contributed by atoms with Gasteiger partial charge in [0.05, 0.1) is 5.56 Å². The second-order valence-electron chi connectivity index (χ2n) is 4.69. The van der Waals surface area contributed by atoms with Gasteiger partial charge in [-0.25, -0.2) is 9.97 Å². The molecule has 0 aliphatic carbocycles. The lowest BCUT2D eigenvalue weighted by Gasteiger charge is -2.10. The van der Waals surface area contributed by atoms with Crippen LogP contribution in [-0.2, 0) is 6.54 Å². The van der Waals surface area contributed by atoms with Crippen molar-refractivity contribution in [1.82, 2.24) is 25.1 Å². The lowest BCUT2D eigenvalue weighted by molar-refractivity contribution is 0.0963. The molecule has 0 aliphatic heterocycles. The third kappa shape index (κ3) is 3.77. The maximum absolute atomic E-state index is 11.7. The second kappa shape index (κ2) is 6.83. The van der Waals surface area contributed by atoms with E-state index in [1.54, 1.807) is 25.4 Å². The maximum Gasteiger partial charge on any atom is 0.254 e. The maximum atomic E-state index is 11.7. The number of aromatic nitrogens is 4. The molecule has 2 aromatic heterocycles. The molecule has 21 heavy (non-hydrogen) atoms. The van der Waals surface area contributed by atoms with E-state index in [1.165, 1.54) is 0 Å². The van der Waals surface area contributed by atoms with Gasteiger partial charge < -0.3 is 10.6 Å². The van der Waals surface area contributed by atoms with Crippen LogP contribution in [0.2, 0.25) is 0 Å². The molecule has 0 aromatic carbocycles. The zero-order chi connectivity index (χ0) is 15.2. The number of nitrogens with one attached hydrogen (secondary N) is 2. The highest BCUT2D eigenvalue weighted by molar-refractivity contribution is 5.98. The Hall–Kier alpha value is -2.44. The number of carbonyl (C=O) groups excluding carboxylic acids is 1. The molecule has 2 rings (SSSR count). The monoisotopic (exact) mass is 288 g/mol. The standard InChI is InChI=1S/C14H20N6O/c1-10-18-11(2)20(19-10)9-5-8-17-13-12(14(21)15-3)6-4-7-16-13/h4,6-7H,5,8-9H2,1-3H3,(H,15,21)(H,16,17). The van der Waals surface area contributed by atoms with E-state index in [-0.39, 0.29) is 5.91 Å². The summed E-state index contributed by atoms with van der Waals surface area (Å²) in [5, 5.41) is 10.1. The molecular weight excluding hydrogens is 268 g/mol. The fraction of sp³-hybridized carbons (Fsp3) is 0.429. The van der Waals surface area contributed by atoms with Crippen LogP contribution >= 0.6 is 0 Å². The normalized spacial score (nSPS) is 10.4. The summed E-state index contributed by atoms with van der Waals surface area (Å²) in [7, 11) is 1.61. The lowest BCUT2D eigenvalue weighted by atomic mass is 10.2. The first-order chi connectivity index (χ1) is 10.1. The molecule has 0 bridgehead atoms. The van der Waals surface area contributed by atoms with Gasteiger partial charge in [0, 0.05) is 26.3 Å². The Balaban J connectivity index is 1.89. The first kappa shape index (κ1) is 15.0. The Morgan fingerprint density at radius 3 is 2.86 bits per heavy atom. The number of hydrogen-bond donors (Lipinski definition) is 2. The predicted molar refractivity (Wildman–Crippen MR) is 80.2 cm³/mol. The molecule has 0 unspecified atom stereocenters. The van der Waals surface area contributed by atoms with Gasteiger partial charge in [0.2, 0.25) is 0 Å². The SMILES string of the molecule is CNC(=O)c1cccnc1NCCCn1nc(C)nc1C. The Morgan fingerprint density at radius 2 is 2.19 bits per heavy atom. The smallest absolute Gasteiger partial charge is 0.254 e. The highest BCUT2D eigenvalue weighted by atomic mass is 16.1. The topological polar surface area (TPSA) is 84.7 Å². The van der Waals surface area contributed by atoms with Crippen LogP contribution in [0, 0.1) is 13.8 Å². The summed E-state index contributed by atoms with van der Waals surface area (Å²) in [4.78, 5) is 20.2. The molecule has 7 nitrogen and oxygen atoms in total. The highest BCUT2D eigenvalue weighted by Crippen LogP contribution is 2.11. The molecule has 0 saturated carbocycles. The molecule has 2 aromatic rings. The van der Waals surface area contributed by atoms with E-state index in [0.29, 0.717) is 17.9 Å². The number of amides is 1. The van der Waals surface area contributed by atoms with E-state index < -0.39 is 0 Å². The third-order valence-electron chi connectivity index (χ3n) is 3.08. The van der Waals surface area contributed by atoms with E-state index >= 15 is 0 Å². The molecular formula is C14H20N6O. The summed E-state index contributed by atoms with van der Waals surface area (Å²) < 4.78 is 1.88. The molecule has 0 radical (unpaired) electrons. The van der Waals surface area contributed by atoms with Crippen LogP contribution in [0.25, 0.3) is 0 Å². The van der Waals surface area contributed by atoms with Crippen molar-refractivity contribution in [2.45, 2.75) is 26.8 Å². The van der Waals surface area contributed by atoms with E-state index in [0.717, 1.165) is 24.6 Å². The molecule has 0 atom stereocenters. The molecule has 2 heterocycles. The van der Waals surface area contributed by atoms with Gasteiger partial charge in [-0.2, -0.15) is 5.10 Å². The van der Waals surface area contributed by atoms with Crippen molar-refractivity contribution < 1.29 is 4.79 Å². The molecule has 0 aliphatic rings. The Bertz CT molecular complexity index is 622. The summed E-state index contributed by atoms with van der Waals surface area (Å²) in [5.41, 5.74) is 0.549. The fourth-order valence-electron chi connectivity index (χ4n) is 2.07. The van der Waals surface area contributed by atoms with Crippen molar-refractivity contribution in [1.29, 1.82) is 0 Å². The minimum atomic E-state index is -0.145. The summed E-state index contributed by atoms with van der Waals surface area (Å²) in [6.07, 6.45) is 2.53. The van der Waals surface area contributed by atoms with Gasteiger partial charge in [-0.05, 0) is 32.4 Å². The van der Waals surface area contributed by atoms with E-state index in [9.17, 15) is 4.79 Å². The first-order valence-electron chi connectivity index (χ1n) is 6.91. The molecule has 2 N–H and O–H groups in total. The number of nitrogens with zero attached hydrogens (tertiary/aromatic N) is 4. The summed E-state index contributed by atoms with van der Waals surface area (Å²) in [6, 6.07) is 3.50. The van der Waals surface area contributed by atoms with Crippen molar-refractivity contribution in [3.8, 4) is 0 Å². The number of carbonyl (C=O) groups is 1. The highest BCUT2D eigenvalue weighted by Gasteiger charge is 2.09. The number of pyridine rings is 1. The summed E-state index contributed by atoms with van der Waals surface area (Å²) >= 11 is 0. The zero-order valence-electron chi connectivity index (χ0n) is 12.6. The van der Waals surface area contributed by atoms with E-state index in [1.807, 2.05) is 18.5 Å². The average Bonchev–Trinajstić information content (AvgIpc) is 2.81. The lowest BCUT2D eigenvalue weighted by Crippen LogP contribution is -2.20. The number of anilines is 1. The zero-order valence-corrected chi connectivity index (χ0v) is 12.6. The summed E-state index contributed by atoms with van der Waals surface area (Å²) in [5.74, 6) is 2.15. The van der Waals surface area contributed by atoms with Gasteiger partial charge in [0.25, 0.3) is 5.91 Å². The van der Waals surface area contributed by atoms with Gasteiger partial charge in [0.1, 0.15) is 17.5 Å².